The van der Waals surface area contributed by atoms with Crippen LogP contribution >= 0.6 is 12.4 Å². The molecule has 1 aliphatic heterocycles. The fourth-order valence-electron chi connectivity index (χ4n) is 1.34. The van der Waals surface area contributed by atoms with E-state index in [0.29, 0.717) is 6.04 Å². The summed E-state index contributed by atoms with van der Waals surface area (Å²) in [5.74, 6) is 0. The molecule has 0 saturated carbocycles. The van der Waals surface area contributed by atoms with Crippen LogP contribution in [0.25, 0.3) is 0 Å². The van der Waals surface area contributed by atoms with Crippen LogP contribution in [0.5, 0.6) is 0 Å². The van der Waals surface area contributed by atoms with Crippen molar-refractivity contribution >= 4 is 18.4 Å². The number of urea groups is 1. The lowest BCUT2D eigenvalue weighted by Crippen LogP contribution is -2.38. The maximum Gasteiger partial charge on any atom is 0.317 e. The molecule has 1 saturated heterocycles. The summed E-state index contributed by atoms with van der Waals surface area (Å²) in [5.41, 5.74) is 0. The number of carbonyl (C=O) groups excluding carboxylic acids is 1. The molecule has 2 amide bonds. The molecule has 2 N–H and O–H groups in total. The molecule has 0 aromatic carbocycles. The van der Waals surface area contributed by atoms with Crippen molar-refractivity contribution in [2.24, 2.45) is 0 Å². The smallest absolute Gasteiger partial charge is 0.317 e. The first kappa shape index (κ1) is 11.5. The Balaban J connectivity index is 0.00000121. The van der Waals surface area contributed by atoms with Gasteiger partial charge in [0.2, 0.25) is 0 Å². The minimum Gasteiger partial charge on any atom is -0.341 e. The van der Waals surface area contributed by atoms with E-state index in [1.807, 2.05) is 11.9 Å². The normalized spacial score (nSPS) is 21.8. The quantitative estimate of drug-likeness (QED) is 0.618. The van der Waals surface area contributed by atoms with Crippen molar-refractivity contribution in [3.63, 3.8) is 0 Å². The highest BCUT2D eigenvalue weighted by atomic mass is 35.5. The average Bonchev–Trinajstić information content (AvgIpc) is 2.50. The Kier molecular flexibility index (Phi) is 5.01. The Morgan fingerprint density at radius 2 is 2.17 bits per heavy atom. The van der Waals surface area contributed by atoms with Crippen LogP contribution in [0, 0.1) is 0 Å². The second kappa shape index (κ2) is 5.22. The molecule has 1 rings (SSSR count). The molecule has 1 heterocycles. The van der Waals surface area contributed by atoms with E-state index in [1.165, 1.54) is 0 Å². The van der Waals surface area contributed by atoms with Gasteiger partial charge in [-0.05, 0) is 13.5 Å². The summed E-state index contributed by atoms with van der Waals surface area (Å²) in [6, 6.07) is 0.509. The van der Waals surface area contributed by atoms with Crippen LogP contribution < -0.4 is 10.6 Å². The van der Waals surface area contributed by atoms with Crippen LogP contribution in [0.1, 0.15) is 6.42 Å². The van der Waals surface area contributed by atoms with Crippen LogP contribution in [0.15, 0.2) is 0 Å². The summed E-state index contributed by atoms with van der Waals surface area (Å²) >= 11 is 0. The minimum atomic E-state index is 0. The highest BCUT2D eigenvalue weighted by Gasteiger charge is 2.23. The number of nitrogens with zero attached hydrogens (tertiary/aromatic N) is 1. The molecule has 0 aromatic heterocycles. The van der Waals surface area contributed by atoms with Crippen LogP contribution in [-0.2, 0) is 0 Å². The van der Waals surface area contributed by atoms with E-state index in [9.17, 15) is 4.79 Å². The van der Waals surface area contributed by atoms with E-state index in [1.54, 1.807) is 7.05 Å². The lowest BCUT2D eigenvalue weighted by Gasteiger charge is -2.14. The first-order valence-electron chi connectivity index (χ1n) is 3.92. The van der Waals surface area contributed by atoms with Crippen LogP contribution in [0.3, 0.4) is 0 Å². The van der Waals surface area contributed by atoms with E-state index in [0.717, 1.165) is 19.5 Å². The lowest BCUT2D eigenvalue weighted by atomic mass is 10.3. The molecule has 12 heavy (non-hydrogen) atoms. The van der Waals surface area contributed by atoms with Crippen LogP contribution in [-0.4, -0.2) is 44.2 Å². The molecule has 0 aromatic rings. The average molecular weight is 194 g/mol. The number of amides is 2. The number of likely N-dealkylation sites (tertiary alicyclic amines) is 1. The van der Waals surface area contributed by atoms with Gasteiger partial charge in [0.15, 0.2) is 0 Å². The molecule has 0 radical (unpaired) electrons. The maximum absolute atomic E-state index is 11.1. The summed E-state index contributed by atoms with van der Waals surface area (Å²) in [5, 5.41) is 5.76. The van der Waals surface area contributed by atoms with Crippen molar-refractivity contribution < 1.29 is 4.79 Å². The Bertz CT molecular complexity index is 154. The van der Waals surface area contributed by atoms with E-state index in [4.69, 9.17) is 0 Å². The van der Waals surface area contributed by atoms with Gasteiger partial charge in [0.25, 0.3) is 0 Å². The second-order valence-electron chi connectivity index (χ2n) is 2.78. The number of carbonyl (C=O) groups is 1. The third-order valence-electron chi connectivity index (χ3n) is 2.10. The summed E-state index contributed by atoms with van der Waals surface area (Å²) < 4.78 is 0. The topological polar surface area (TPSA) is 44.4 Å². The number of likely N-dealkylation sites (N-methyl/N-ethyl adjacent to an activating group) is 1. The van der Waals surface area contributed by atoms with Gasteiger partial charge in [-0.15, -0.1) is 12.4 Å². The zero-order valence-electron chi connectivity index (χ0n) is 7.46. The van der Waals surface area contributed by atoms with Crippen LogP contribution in [0.4, 0.5) is 4.79 Å². The van der Waals surface area contributed by atoms with Gasteiger partial charge in [0.1, 0.15) is 0 Å². The van der Waals surface area contributed by atoms with Crippen molar-refractivity contribution in [1.82, 2.24) is 15.5 Å². The summed E-state index contributed by atoms with van der Waals surface area (Å²) in [7, 11) is 3.59. The van der Waals surface area contributed by atoms with Crippen molar-refractivity contribution in [2.45, 2.75) is 12.5 Å². The third-order valence-corrected chi connectivity index (χ3v) is 2.10. The largest absolute Gasteiger partial charge is 0.341 e. The molecule has 0 aliphatic carbocycles. The monoisotopic (exact) mass is 193 g/mol. The zero-order valence-corrected chi connectivity index (χ0v) is 8.28. The molecule has 0 bridgehead atoms. The second-order valence-corrected chi connectivity index (χ2v) is 2.78. The highest BCUT2D eigenvalue weighted by molar-refractivity contribution is 5.85. The Morgan fingerprint density at radius 3 is 2.58 bits per heavy atom. The first-order chi connectivity index (χ1) is 5.27. The molecule has 1 fully saturated rings. The zero-order chi connectivity index (χ0) is 8.27. The predicted molar refractivity (Wildman–Crippen MR) is 50.7 cm³/mol. The van der Waals surface area contributed by atoms with Crippen molar-refractivity contribution in [3.8, 4) is 0 Å². The molecule has 5 heteroatoms. The SMILES string of the molecule is CNC(=O)N1CC[C@H](NC)C1.Cl. The van der Waals surface area contributed by atoms with E-state index in [-0.39, 0.29) is 18.4 Å². The predicted octanol–water partition coefficient (Wildman–Crippen LogP) is 0.0413. The third kappa shape index (κ3) is 2.53. The first-order valence-corrected chi connectivity index (χ1v) is 3.92. The van der Waals surface area contributed by atoms with Gasteiger partial charge in [0.05, 0.1) is 0 Å². The summed E-state index contributed by atoms with van der Waals surface area (Å²) in [6.45, 7) is 1.70. The molecular weight excluding hydrogens is 178 g/mol. The fraction of sp³-hybridized carbons (Fsp3) is 0.857. The highest BCUT2D eigenvalue weighted by Crippen LogP contribution is 2.07. The maximum atomic E-state index is 11.1. The number of hydrogen-bond acceptors (Lipinski definition) is 2. The Labute approximate surface area is 79.1 Å². The van der Waals surface area contributed by atoms with E-state index >= 15 is 0 Å². The fourth-order valence-corrected chi connectivity index (χ4v) is 1.34. The Morgan fingerprint density at radius 1 is 1.50 bits per heavy atom. The number of halogens is 1. The summed E-state index contributed by atoms with van der Waals surface area (Å²) in [4.78, 5) is 12.9. The van der Waals surface area contributed by atoms with Crippen molar-refractivity contribution in [2.75, 3.05) is 27.2 Å². The van der Waals surface area contributed by atoms with Gasteiger partial charge < -0.3 is 15.5 Å². The van der Waals surface area contributed by atoms with Crippen LogP contribution in [0.2, 0.25) is 0 Å². The number of nitrogens with one attached hydrogen (secondary N) is 2. The van der Waals surface area contributed by atoms with Crippen molar-refractivity contribution in [1.29, 1.82) is 0 Å². The Hall–Kier alpha value is -0.480. The van der Waals surface area contributed by atoms with Gasteiger partial charge in [-0.25, -0.2) is 4.79 Å². The van der Waals surface area contributed by atoms with Gasteiger partial charge in [0, 0.05) is 26.2 Å². The number of hydrogen-bond donors (Lipinski definition) is 2. The standard InChI is InChI=1S/C7H15N3O.ClH/c1-8-6-3-4-10(5-6)7(11)9-2;/h6,8H,3-5H2,1-2H3,(H,9,11);1H/t6-;/m0./s1. The molecule has 72 valence electrons. The lowest BCUT2D eigenvalue weighted by molar-refractivity contribution is 0.210. The molecule has 1 aliphatic rings. The molecule has 4 nitrogen and oxygen atoms in total. The van der Waals surface area contributed by atoms with E-state index < -0.39 is 0 Å². The molecular formula is C7H16ClN3O. The van der Waals surface area contributed by atoms with Gasteiger partial charge in [-0.3, -0.25) is 0 Å². The number of rotatable bonds is 1. The molecule has 1 atom stereocenters. The minimum absolute atomic E-state index is 0. The van der Waals surface area contributed by atoms with Gasteiger partial charge in [-0.1, -0.05) is 0 Å². The van der Waals surface area contributed by atoms with Gasteiger partial charge >= 0.3 is 6.03 Å². The van der Waals surface area contributed by atoms with E-state index in [2.05, 4.69) is 10.6 Å². The van der Waals surface area contributed by atoms with Crippen molar-refractivity contribution in [3.05, 3.63) is 0 Å². The molecule has 0 unspecified atom stereocenters. The van der Waals surface area contributed by atoms with Gasteiger partial charge in [-0.2, -0.15) is 0 Å². The molecule has 0 spiro atoms. The summed E-state index contributed by atoms with van der Waals surface area (Å²) in [6.07, 6.45) is 1.06.